The van der Waals surface area contributed by atoms with E-state index in [0.29, 0.717) is 16.8 Å². The quantitative estimate of drug-likeness (QED) is 0.852. The summed E-state index contributed by atoms with van der Waals surface area (Å²) in [6.45, 7) is 3.40. The second-order valence-electron chi connectivity index (χ2n) is 4.42. The maximum Gasteiger partial charge on any atom is 0.175 e. The lowest BCUT2D eigenvalue weighted by Gasteiger charge is -2.12. The number of allylic oxidation sites excluding steroid dienone is 2. The van der Waals surface area contributed by atoms with E-state index in [1.54, 1.807) is 38.1 Å². The van der Waals surface area contributed by atoms with Crippen molar-refractivity contribution in [2.45, 2.75) is 18.7 Å². The Morgan fingerprint density at radius 1 is 1.05 bits per heavy atom. The Balaban J connectivity index is 3.49. The van der Waals surface area contributed by atoms with Gasteiger partial charge >= 0.3 is 0 Å². The molecule has 0 atom stereocenters. The van der Waals surface area contributed by atoms with Gasteiger partial charge in [-0.2, -0.15) is 15.8 Å². The molecule has 0 saturated heterocycles. The molecule has 0 amide bonds. The van der Waals surface area contributed by atoms with Gasteiger partial charge in [-0.1, -0.05) is 6.07 Å². The Bertz CT molecular complexity index is 831. The summed E-state index contributed by atoms with van der Waals surface area (Å²) in [4.78, 5) is 0.128. The molecule has 0 saturated carbocycles. The summed E-state index contributed by atoms with van der Waals surface area (Å²) < 4.78 is 23.4. The van der Waals surface area contributed by atoms with Gasteiger partial charge in [0.05, 0.1) is 4.90 Å². The van der Waals surface area contributed by atoms with Crippen molar-refractivity contribution in [3.05, 3.63) is 34.5 Å². The van der Waals surface area contributed by atoms with E-state index in [1.165, 1.54) is 6.07 Å². The summed E-state index contributed by atoms with van der Waals surface area (Å²) in [6.07, 6.45) is 1.09. The molecule has 7 heteroatoms. The van der Waals surface area contributed by atoms with Gasteiger partial charge in [0.15, 0.2) is 15.4 Å². The predicted octanol–water partition coefficient (Wildman–Crippen LogP) is 1.94. The highest BCUT2D eigenvalue weighted by atomic mass is 32.2. The first-order valence-corrected chi connectivity index (χ1v) is 7.66. The topological polar surface area (TPSA) is 118 Å². The largest absolute Gasteiger partial charge is 0.345 e. The lowest BCUT2D eigenvalue weighted by molar-refractivity contribution is 0.601. The highest BCUT2D eigenvalue weighted by Crippen LogP contribution is 2.25. The first-order chi connectivity index (χ1) is 9.74. The molecule has 0 aromatic heterocycles. The molecule has 0 aliphatic heterocycles. The molecule has 106 valence electrons. The zero-order chi connectivity index (χ0) is 16.2. The van der Waals surface area contributed by atoms with Gasteiger partial charge in [-0.05, 0) is 31.0 Å². The summed E-state index contributed by atoms with van der Waals surface area (Å²) in [5, 5.41) is 29.2. The smallest absolute Gasteiger partial charge is 0.175 e. The van der Waals surface area contributed by atoms with Crippen molar-refractivity contribution in [3.8, 4) is 18.2 Å². The third kappa shape index (κ3) is 3.60. The molecular weight excluding hydrogens is 288 g/mol. The van der Waals surface area contributed by atoms with Gasteiger partial charge in [-0.3, -0.25) is 0 Å². The number of nitrogens with zero attached hydrogens (tertiary/aromatic N) is 3. The molecule has 0 heterocycles. The number of hydrogen-bond donors (Lipinski definition) is 1. The number of aryl methyl sites for hydroxylation is 2. The summed E-state index contributed by atoms with van der Waals surface area (Å²) >= 11 is 0. The highest BCUT2D eigenvalue weighted by molar-refractivity contribution is 7.90. The highest BCUT2D eigenvalue weighted by Gasteiger charge is 2.15. The van der Waals surface area contributed by atoms with Crippen LogP contribution in [0.4, 0.5) is 5.69 Å². The second kappa shape index (κ2) is 6.09. The molecule has 0 bridgehead atoms. The van der Waals surface area contributed by atoms with Crippen molar-refractivity contribution in [3.63, 3.8) is 0 Å². The maximum atomic E-state index is 11.7. The molecule has 1 rings (SSSR count). The van der Waals surface area contributed by atoms with Crippen molar-refractivity contribution < 1.29 is 8.42 Å². The van der Waals surface area contributed by atoms with Gasteiger partial charge < -0.3 is 5.32 Å². The van der Waals surface area contributed by atoms with Crippen molar-refractivity contribution in [1.82, 2.24) is 0 Å². The number of hydrogen-bond acceptors (Lipinski definition) is 6. The minimum atomic E-state index is -3.42. The van der Waals surface area contributed by atoms with E-state index in [0.717, 1.165) is 6.26 Å². The number of nitrogens with one attached hydrogen (secondary N) is 1. The van der Waals surface area contributed by atoms with Crippen LogP contribution in [0.1, 0.15) is 11.1 Å². The number of benzene rings is 1. The van der Waals surface area contributed by atoms with E-state index in [-0.39, 0.29) is 16.2 Å². The van der Waals surface area contributed by atoms with Crippen molar-refractivity contribution >= 4 is 15.5 Å². The fourth-order valence-electron chi connectivity index (χ4n) is 1.78. The second-order valence-corrected chi connectivity index (χ2v) is 6.40. The standard InChI is InChI=1S/C14H12N4O2S/c1-9-4-10(2)14(21(3,19)20)5-12(9)18-13(8-17)11(6-15)7-16/h4-5,18H,1-3H3. The van der Waals surface area contributed by atoms with Crippen LogP contribution < -0.4 is 5.32 Å². The van der Waals surface area contributed by atoms with Crippen LogP contribution in [-0.2, 0) is 9.84 Å². The molecule has 0 spiro atoms. The molecule has 1 aromatic rings. The van der Waals surface area contributed by atoms with Crippen molar-refractivity contribution in [2.24, 2.45) is 0 Å². The minimum Gasteiger partial charge on any atom is -0.345 e. The maximum absolute atomic E-state index is 11.7. The van der Waals surface area contributed by atoms with E-state index >= 15 is 0 Å². The van der Waals surface area contributed by atoms with Crippen LogP contribution in [0.5, 0.6) is 0 Å². The van der Waals surface area contributed by atoms with E-state index in [9.17, 15) is 8.42 Å². The van der Waals surface area contributed by atoms with Gasteiger partial charge in [0, 0.05) is 11.9 Å². The number of rotatable bonds is 3. The van der Waals surface area contributed by atoms with Gasteiger partial charge in [0.25, 0.3) is 0 Å². The monoisotopic (exact) mass is 300 g/mol. The lowest BCUT2D eigenvalue weighted by atomic mass is 10.1. The average molecular weight is 300 g/mol. The van der Waals surface area contributed by atoms with Crippen molar-refractivity contribution in [2.75, 3.05) is 11.6 Å². The molecule has 0 aliphatic rings. The van der Waals surface area contributed by atoms with Gasteiger partial charge in [0.1, 0.15) is 23.9 Å². The van der Waals surface area contributed by atoms with E-state index in [1.807, 2.05) is 0 Å². The SMILES string of the molecule is Cc1cc(C)c(S(C)(=O)=O)cc1NC(C#N)=C(C#N)C#N. The summed E-state index contributed by atoms with van der Waals surface area (Å²) in [7, 11) is -3.42. The summed E-state index contributed by atoms with van der Waals surface area (Å²) in [5.74, 6) is 0. The first kappa shape index (κ1) is 16.2. The van der Waals surface area contributed by atoms with Gasteiger partial charge in [-0.25, -0.2) is 8.42 Å². The molecule has 1 aromatic carbocycles. The summed E-state index contributed by atoms with van der Waals surface area (Å²) in [6, 6.07) is 8.01. The zero-order valence-corrected chi connectivity index (χ0v) is 12.5. The fourth-order valence-corrected chi connectivity index (χ4v) is 2.76. The van der Waals surface area contributed by atoms with Gasteiger partial charge in [-0.15, -0.1) is 0 Å². The molecule has 0 aliphatic carbocycles. The van der Waals surface area contributed by atoms with Crippen LogP contribution in [0, 0.1) is 47.8 Å². The molecule has 0 fully saturated rings. The fraction of sp³-hybridized carbons (Fsp3) is 0.214. The van der Waals surface area contributed by atoms with Crippen LogP contribution in [-0.4, -0.2) is 14.7 Å². The molecule has 21 heavy (non-hydrogen) atoms. The molecule has 0 radical (unpaired) electrons. The first-order valence-electron chi connectivity index (χ1n) is 5.77. The Morgan fingerprint density at radius 3 is 2.05 bits per heavy atom. The van der Waals surface area contributed by atoms with Crippen LogP contribution in [0.2, 0.25) is 0 Å². The van der Waals surface area contributed by atoms with E-state index in [4.69, 9.17) is 15.8 Å². The molecule has 0 unspecified atom stereocenters. The summed E-state index contributed by atoms with van der Waals surface area (Å²) in [5.41, 5.74) is 1.07. The van der Waals surface area contributed by atoms with Crippen LogP contribution in [0.15, 0.2) is 28.3 Å². The predicted molar refractivity (Wildman–Crippen MR) is 76.5 cm³/mol. The zero-order valence-electron chi connectivity index (χ0n) is 11.7. The third-order valence-corrected chi connectivity index (χ3v) is 4.01. The third-order valence-electron chi connectivity index (χ3n) is 2.77. The van der Waals surface area contributed by atoms with E-state index in [2.05, 4.69) is 5.32 Å². The van der Waals surface area contributed by atoms with Crippen LogP contribution in [0.3, 0.4) is 0 Å². The van der Waals surface area contributed by atoms with Crippen LogP contribution >= 0.6 is 0 Å². The average Bonchev–Trinajstić information content (AvgIpc) is 2.39. The Hall–Kier alpha value is -2.82. The number of sulfone groups is 1. The van der Waals surface area contributed by atoms with Crippen LogP contribution in [0.25, 0.3) is 0 Å². The lowest BCUT2D eigenvalue weighted by Crippen LogP contribution is -2.06. The minimum absolute atomic E-state index is 0.128. The number of nitriles is 3. The normalized spacial score (nSPS) is 9.90. The van der Waals surface area contributed by atoms with Gasteiger partial charge in [0.2, 0.25) is 0 Å². The van der Waals surface area contributed by atoms with E-state index < -0.39 is 9.84 Å². The Labute approximate surface area is 123 Å². The number of anilines is 1. The molecule has 6 nitrogen and oxygen atoms in total. The Kier molecular flexibility index (Phi) is 4.71. The molecular formula is C14H12N4O2S. The Morgan fingerprint density at radius 2 is 1.62 bits per heavy atom. The molecule has 1 N–H and O–H groups in total. The van der Waals surface area contributed by atoms with Crippen molar-refractivity contribution in [1.29, 1.82) is 15.8 Å².